The zero-order chi connectivity index (χ0) is 14.0. The van der Waals surface area contributed by atoms with Crippen molar-refractivity contribution in [3.63, 3.8) is 0 Å². The van der Waals surface area contributed by atoms with Crippen LogP contribution in [0.25, 0.3) is 0 Å². The lowest BCUT2D eigenvalue weighted by Crippen LogP contribution is -2.14. The average Bonchev–Trinajstić information content (AvgIpc) is 2.31. The first-order chi connectivity index (χ1) is 8.88. The maximum Gasteiger partial charge on any atom is 0.263 e. The third-order valence-electron chi connectivity index (χ3n) is 2.55. The molecule has 0 bridgehead atoms. The summed E-state index contributed by atoms with van der Waals surface area (Å²) in [5.74, 6) is 0. The largest absolute Gasteiger partial charge is 0.398 e. The van der Waals surface area contributed by atoms with Gasteiger partial charge in [-0.2, -0.15) is 0 Å². The summed E-state index contributed by atoms with van der Waals surface area (Å²) in [6.07, 6.45) is 0. The van der Waals surface area contributed by atoms with Crippen molar-refractivity contribution >= 4 is 33.0 Å². The number of nitrogen functional groups attached to an aromatic ring is 1. The van der Waals surface area contributed by atoms with Crippen LogP contribution in [0.15, 0.2) is 47.4 Å². The number of aryl methyl sites for hydroxylation is 1. The smallest absolute Gasteiger partial charge is 0.263 e. The minimum atomic E-state index is -3.69. The molecule has 0 saturated heterocycles. The van der Waals surface area contributed by atoms with E-state index in [2.05, 4.69) is 4.72 Å². The number of hydrogen-bond donors (Lipinski definition) is 2. The van der Waals surface area contributed by atoms with Crippen LogP contribution in [0.4, 0.5) is 11.4 Å². The fourth-order valence-corrected chi connectivity index (χ4v) is 2.94. The highest BCUT2D eigenvalue weighted by Gasteiger charge is 2.17. The van der Waals surface area contributed by atoms with Gasteiger partial charge < -0.3 is 5.73 Å². The molecule has 2 aromatic carbocycles. The normalized spacial score (nSPS) is 11.3. The molecule has 0 amide bonds. The van der Waals surface area contributed by atoms with Gasteiger partial charge in [-0.25, -0.2) is 8.42 Å². The second kappa shape index (κ2) is 5.11. The molecule has 0 unspecified atom stereocenters. The molecule has 2 rings (SSSR count). The molecule has 0 spiro atoms. The van der Waals surface area contributed by atoms with Crippen LogP contribution in [0.3, 0.4) is 0 Å². The lowest BCUT2D eigenvalue weighted by molar-refractivity contribution is 0.601. The number of anilines is 2. The van der Waals surface area contributed by atoms with Crippen LogP contribution in [-0.4, -0.2) is 8.42 Å². The minimum absolute atomic E-state index is 0.0630. The van der Waals surface area contributed by atoms with Crippen LogP contribution in [-0.2, 0) is 10.0 Å². The van der Waals surface area contributed by atoms with Gasteiger partial charge in [-0.15, -0.1) is 0 Å². The molecule has 0 aliphatic carbocycles. The van der Waals surface area contributed by atoms with Crippen LogP contribution in [0.2, 0.25) is 5.02 Å². The van der Waals surface area contributed by atoms with Crippen molar-refractivity contribution in [2.75, 3.05) is 10.5 Å². The topological polar surface area (TPSA) is 72.2 Å². The standard InChI is InChI=1S/C13H13ClN2O2S/c1-9-2-7-13(12(15)8-9)19(17,18)16-11-5-3-10(14)4-6-11/h2-8,16H,15H2,1H3. The van der Waals surface area contributed by atoms with E-state index in [1.807, 2.05) is 6.92 Å². The molecule has 19 heavy (non-hydrogen) atoms. The van der Waals surface area contributed by atoms with Gasteiger partial charge in [0.25, 0.3) is 10.0 Å². The Bertz CT molecular complexity index is 697. The van der Waals surface area contributed by atoms with Crippen LogP contribution >= 0.6 is 11.6 Å². The van der Waals surface area contributed by atoms with E-state index in [1.54, 1.807) is 36.4 Å². The molecule has 0 heterocycles. The third-order valence-corrected chi connectivity index (χ3v) is 4.26. The molecule has 6 heteroatoms. The maximum absolute atomic E-state index is 12.2. The Hall–Kier alpha value is -1.72. The van der Waals surface area contributed by atoms with Gasteiger partial charge in [-0.1, -0.05) is 17.7 Å². The molecule has 0 aliphatic heterocycles. The van der Waals surface area contributed by atoms with Gasteiger partial charge in [0.05, 0.1) is 5.69 Å². The molecule has 4 nitrogen and oxygen atoms in total. The van der Waals surface area contributed by atoms with Gasteiger partial charge in [0.2, 0.25) is 0 Å². The summed E-state index contributed by atoms with van der Waals surface area (Å²) in [6, 6.07) is 11.2. The monoisotopic (exact) mass is 296 g/mol. The van der Waals surface area contributed by atoms with E-state index in [4.69, 9.17) is 17.3 Å². The Labute approximate surface area is 117 Å². The van der Waals surface area contributed by atoms with Crippen molar-refractivity contribution in [3.8, 4) is 0 Å². The third kappa shape index (κ3) is 3.19. The Morgan fingerprint density at radius 1 is 1.11 bits per heavy atom. The number of benzene rings is 2. The van der Waals surface area contributed by atoms with E-state index in [0.717, 1.165) is 5.56 Å². The lowest BCUT2D eigenvalue weighted by atomic mass is 10.2. The van der Waals surface area contributed by atoms with Crippen molar-refractivity contribution in [2.24, 2.45) is 0 Å². The summed E-state index contributed by atoms with van der Waals surface area (Å²) in [7, 11) is -3.69. The highest BCUT2D eigenvalue weighted by molar-refractivity contribution is 7.92. The number of sulfonamides is 1. The molecule has 100 valence electrons. The SMILES string of the molecule is Cc1ccc(S(=O)(=O)Nc2ccc(Cl)cc2)c(N)c1. The molecule has 0 aliphatic rings. The number of nitrogens with one attached hydrogen (secondary N) is 1. The summed E-state index contributed by atoms with van der Waals surface area (Å²) in [6.45, 7) is 1.85. The van der Waals surface area contributed by atoms with Crippen LogP contribution in [0, 0.1) is 6.92 Å². The van der Waals surface area contributed by atoms with E-state index in [0.29, 0.717) is 10.7 Å². The highest BCUT2D eigenvalue weighted by Crippen LogP contribution is 2.23. The van der Waals surface area contributed by atoms with Gasteiger partial charge in [-0.05, 0) is 48.9 Å². The first-order valence-electron chi connectivity index (χ1n) is 5.53. The average molecular weight is 297 g/mol. The summed E-state index contributed by atoms with van der Waals surface area (Å²) in [5, 5.41) is 0.540. The van der Waals surface area contributed by atoms with Crippen LogP contribution in [0.1, 0.15) is 5.56 Å². The van der Waals surface area contributed by atoms with Crippen LogP contribution in [0.5, 0.6) is 0 Å². The predicted molar refractivity (Wildman–Crippen MR) is 77.9 cm³/mol. The van der Waals surface area contributed by atoms with E-state index in [-0.39, 0.29) is 10.6 Å². The van der Waals surface area contributed by atoms with Gasteiger partial charge in [0.1, 0.15) is 4.90 Å². The quantitative estimate of drug-likeness (QED) is 0.855. The number of nitrogens with two attached hydrogens (primary N) is 1. The Kier molecular flexibility index (Phi) is 3.68. The fraction of sp³-hybridized carbons (Fsp3) is 0.0769. The Morgan fingerprint density at radius 3 is 2.32 bits per heavy atom. The Morgan fingerprint density at radius 2 is 1.74 bits per heavy atom. The van der Waals surface area contributed by atoms with Crippen molar-refractivity contribution in [1.29, 1.82) is 0 Å². The minimum Gasteiger partial charge on any atom is -0.398 e. The van der Waals surface area contributed by atoms with E-state index < -0.39 is 10.0 Å². The van der Waals surface area contributed by atoms with Gasteiger partial charge in [0, 0.05) is 10.7 Å². The molecular weight excluding hydrogens is 284 g/mol. The van der Waals surface area contributed by atoms with E-state index in [1.165, 1.54) is 6.07 Å². The summed E-state index contributed by atoms with van der Waals surface area (Å²) in [4.78, 5) is 0.0630. The van der Waals surface area contributed by atoms with Crippen molar-refractivity contribution < 1.29 is 8.42 Å². The number of halogens is 1. The van der Waals surface area contributed by atoms with E-state index in [9.17, 15) is 8.42 Å². The first-order valence-corrected chi connectivity index (χ1v) is 7.39. The zero-order valence-corrected chi connectivity index (χ0v) is 11.8. The summed E-state index contributed by atoms with van der Waals surface area (Å²) < 4.78 is 26.8. The van der Waals surface area contributed by atoms with Gasteiger partial charge in [-0.3, -0.25) is 4.72 Å². The van der Waals surface area contributed by atoms with Crippen molar-refractivity contribution in [2.45, 2.75) is 11.8 Å². The Balaban J connectivity index is 2.35. The van der Waals surface area contributed by atoms with Gasteiger partial charge >= 0.3 is 0 Å². The first kappa shape index (κ1) is 13.7. The van der Waals surface area contributed by atoms with Crippen LogP contribution < -0.4 is 10.5 Å². The zero-order valence-electron chi connectivity index (χ0n) is 10.2. The lowest BCUT2D eigenvalue weighted by Gasteiger charge is -2.10. The number of rotatable bonds is 3. The second-order valence-electron chi connectivity index (χ2n) is 4.15. The molecule has 2 aromatic rings. The second-order valence-corrected chi connectivity index (χ2v) is 6.24. The predicted octanol–water partition coefficient (Wildman–Crippen LogP) is 3.03. The molecule has 0 saturated carbocycles. The molecule has 0 aromatic heterocycles. The fourth-order valence-electron chi connectivity index (χ4n) is 1.64. The summed E-state index contributed by atoms with van der Waals surface area (Å²) >= 11 is 5.75. The molecule has 0 fully saturated rings. The molecule has 3 N–H and O–H groups in total. The molecule has 0 radical (unpaired) electrons. The summed E-state index contributed by atoms with van der Waals surface area (Å²) in [5.41, 5.74) is 7.31. The van der Waals surface area contributed by atoms with Crippen molar-refractivity contribution in [1.82, 2.24) is 0 Å². The van der Waals surface area contributed by atoms with Crippen molar-refractivity contribution in [3.05, 3.63) is 53.1 Å². The number of hydrogen-bond acceptors (Lipinski definition) is 3. The molecular formula is C13H13ClN2O2S. The molecule has 0 atom stereocenters. The van der Waals surface area contributed by atoms with Gasteiger partial charge in [0.15, 0.2) is 0 Å². The highest BCUT2D eigenvalue weighted by atomic mass is 35.5. The maximum atomic E-state index is 12.2. The van der Waals surface area contributed by atoms with E-state index >= 15 is 0 Å².